The fourth-order valence-electron chi connectivity index (χ4n) is 3.38. The molecule has 1 heterocycles. The first-order valence-electron chi connectivity index (χ1n) is 7.14. The SMILES string of the molecule is C[C@H](C(=O)N1CCC[C@H]1C(=O)O)C1CCCCC1. The molecule has 1 amide bonds. The Labute approximate surface area is 108 Å². The minimum Gasteiger partial charge on any atom is -0.480 e. The molecule has 1 saturated carbocycles. The highest BCUT2D eigenvalue weighted by atomic mass is 16.4. The second-order valence-corrected chi connectivity index (χ2v) is 5.71. The maximum Gasteiger partial charge on any atom is 0.326 e. The molecular weight excluding hydrogens is 230 g/mol. The Hall–Kier alpha value is -1.06. The van der Waals surface area contributed by atoms with Crippen molar-refractivity contribution in [3.63, 3.8) is 0 Å². The summed E-state index contributed by atoms with van der Waals surface area (Å²) in [6, 6.07) is -0.580. The Morgan fingerprint density at radius 3 is 2.39 bits per heavy atom. The lowest BCUT2D eigenvalue weighted by molar-refractivity contribution is -0.150. The first-order chi connectivity index (χ1) is 8.61. The van der Waals surface area contributed by atoms with Crippen LogP contribution in [0.25, 0.3) is 0 Å². The normalized spacial score (nSPS) is 27.2. The van der Waals surface area contributed by atoms with Crippen LogP contribution in [0.5, 0.6) is 0 Å². The Morgan fingerprint density at radius 2 is 1.78 bits per heavy atom. The molecule has 0 unspecified atom stereocenters. The molecule has 1 aliphatic heterocycles. The summed E-state index contributed by atoms with van der Waals surface area (Å²) in [5, 5.41) is 9.13. The maximum atomic E-state index is 12.4. The predicted molar refractivity (Wildman–Crippen MR) is 68.1 cm³/mol. The minimum atomic E-state index is -0.850. The molecule has 1 N–H and O–H groups in total. The van der Waals surface area contributed by atoms with Gasteiger partial charge in [-0.1, -0.05) is 26.2 Å². The Bertz CT molecular complexity index is 323. The summed E-state index contributed by atoms with van der Waals surface area (Å²) in [7, 11) is 0. The Balaban J connectivity index is 1.99. The van der Waals surface area contributed by atoms with Gasteiger partial charge < -0.3 is 10.0 Å². The van der Waals surface area contributed by atoms with Crippen LogP contribution in [0.1, 0.15) is 51.9 Å². The average molecular weight is 253 g/mol. The van der Waals surface area contributed by atoms with Gasteiger partial charge in [-0.05, 0) is 31.6 Å². The molecule has 1 aliphatic carbocycles. The van der Waals surface area contributed by atoms with E-state index >= 15 is 0 Å². The van der Waals surface area contributed by atoms with Gasteiger partial charge in [0.05, 0.1) is 0 Å². The van der Waals surface area contributed by atoms with Crippen molar-refractivity contribution in [3.8, 4) is 0 Å². The molecule has 0 radical (unpaired) electrons. The predicted octanol–water partition coefficient (Wildman–Crippen LogP) is 2.28. The molecule has 2 rings (SSSR count). The number of rotatable bonds is 3. The number of carbonyl (C=O) groups is 2. The van der Waals surface area contributed by atoms with Gasteiger partial charge >= 0.3 is 5.97 Å². The van der Waals surface area contributed by atoms with Crippen molar-refractivity contribution in [1.29, 1.82) is 0 Å². The largest absolute Gasteiger partial charge is 0.480 e. The standard InChI is InChI=1S/C14H23NO3/c1-10(11-6-3-2-4-7-11)13(16)15-9-5-8-12(15)14(17)18/h10-12H,2-9H2,1H3,(H,17,18)/t10-,12-/m0/s1. The van der Waals surface area contributed by atoms with Crippen molar-refractivity contribution in [1.82, 2.24) is 4.90 Å². The summed E-state index contributed by atoms with van der Waals surface area (Å²) in [6.45, 7) is 2.60. The molecule has 0 aromatic heterocycles. The van der Waals surface area contributed by atoms with Gasteiger partial charge in [-0.25, -0.2) is 4.79 Å². The Morgan fingerprint density at radius 1 is 1.11 bits per heavy atom. The highest BCUT2D eigenvalue weighted by molar-refractivity contribution is 5.85. The monoisotopic (exact) mass is 253 g/mol. The topological polar surface area (TPSA) is 57.6 Å². The third-order valence-electron chi connectivity index (χ3n) is 4.57. The van der Waals surface area contributed by atoms with Gasteiger partial charge in [0.1, 0.15) is 6.04 Å². The molecule has 2 aliphatic rings. The quantitative estimate of drug-likeness (QED) is 0.839. The Kier molecular flexibility index (Phi) is 4.25. The molecule has 4 nitrogen and oxygen atoms in total. The number of hydrogen-bond acceptors (Lipinski definition) is 2. The van der Waals surface area contributed by atoms with E-state index in [1.54, 1.807) is 4.90 Å². The molecule has 4 heteroatoms. The van der Waals surface area contributed by atoms with E-state index in [0.717, 1.165) is 19.3 Å². The smallest absolute Gasteiger partial charge is 0.326 e. The number of likely N-dealkylation sites (tertiary alicyclic amines) is 1. The van der Waals surface area contributed by atoms with Crippen molar-refractivity contribution >= 4 is 11.9 Å². The lowest BCUT2D eigenvalue weighted by atomic mass is 9.80. The van der Waals surface area contributed by atoms with Crippen molar-refractivity contribution in [3.05, 3.63) is 0 Å². The van der Waals surface area contributed by atoms with Crippen LogP contribution in [-0.2, 0) is 9.59 Å². The zero-order valence-electron chi connectivity index (χ0n) is 11.1. The van der Waals surface area contributed by atoms with Crippen molar-refractivity contribution in [2.75, 3.05) is 6.54 Å². The van der Waals surface area contributed by atoms with Crippen LogP contribution in [0.2, 0.25) is 0 Å². The van der Waals surface area contributed by atoms with Crippen LogP contribution in [0, 0.1) is 11.8 Å². The zero-order chi connectivity index (χ0) is 13.1. The first-order valence-corrected chi connectivity index (χ1v) is 7.14. The molecule has 18 heavy (non-hydrogen) atoms. The summed E-state index contributed by atoms with van der Waals surface area (Å²) in [5.41, 5.74) is 0. The van der Waals surface area contributed by atoms with E-state index in [1.165, 1.54) is 19.3 Å². The summed E-state index contributed by atoms with van der Waals surface area (Å²) in [4.78, 5) is 25.1. The number of amides is 1. The maximum absolute atomic E-state index is 12.4. The summed E-state index contributed by atoms with van der Waals surface area (Å²) < 4.78 is 0. The number of carboxylic acids is 1. The zero-order valence-corrected chi connectivity index (χ0v) is 11.1. The van der Waals surface area contributed by atoms with E-state index in [2.05, 4.69) is 0 Å². The fraction of sp³-hybridized carbons (Fsp3) is 0.857. The van der Waals surface area contributed by atoms with Gasteiger partial charge in [0, 0.05) is 12.5 Å². The molecule has 102 valence electrons. The van der Waals surface area contributed by atoms with E-state index in [4.69, 9.17) is 5.11 Å². The lowest BCUT2D eigenvalue weighted by Gasteiger charge is -2.31. The van der Waals surface area contributed by atoms with Gasteiger partial charge in [-0.2, -0.15) is 0 Å². The van der Waals surface area contributed by atoms with Crippen molar-refractivity contribution in [2.24, 2.45) is 11.8 Å². The van der Waals surface area contributed by atoms with E-state index < -0.39 is 12.0 Å². The van der Waals surface area contributed by atoms with E-state index in [1.807, 2.05) is 6.92 Å². The number of carboxylic acid groups (broad SMARTS) is 1. The average Bonchev–Trinajstić information content (AvgIpc) is 2.87. The van der Waals surface area contributed by atoms with E-state index in [0.29, 0.717) is 18.9 Å². The van der Waals surface area contributed by atoms with Gasteiger partial charge in [-0.15, -0.1) is 0 Å². The molecular formula is C14H23NO3. The molecule has 1 saturated heterocycles. The second kappa shape index (κ2) is 5.72. The molecule has 2 atom stereocenters. The highest BCUT2D eigenvalue weighted by Crippen LogP contribution is 2.32. The van der Waals surface area contributed by atoms with Gasteiger partial charge in [0.15, 0.2) is 0 Å². The van der Waals surface area contributed by atoms with Crippen LogP contribution < -0.4 is 0 Å². The molecule has 0 bridgehead atoms. The van der Waals surface area contributed by atoms with E-state index in [-0.39, 0.29) is 11.8 Å². The number of aliphatic carboxylic acids is 1. The number of carbonyl (C=O) groups excluding carboxylic acids is 1. The van der Waals surface area contributed by atoms with Crippen molar-refractivity contribution in [2.45, 2.75) is 57.9 Å². The molecule has 0 aromatic carbocycles. The first kappa shape index (κ1) is 13.4. The van der Waals surface area contributed by atoms with Gasteiger partial charge in [-0.3, -0.25) is 4.79 Å². The second-order valence-electron chi connectivity index (χ2n) is 5.71. The molecule has 0 aromatic rings. The summed E-state index contributed by atoms with van der Waals surface area (Å²) in [6.07, 6.45) is 7.38. The summed E-state index contributed by atoms with van der Waals surface area (Å²) >= 11 is 0. The molecule has 0 spiro atoms. The van der Waals surface area contributed by atoms with Crippen LogP contribution in [0.4, 0.5) is 0 Å². The fourth-order valence-corrected chi connectivity index (χ4v) is 3.38. The third kappa shape index (κ3) is 2.68. The van der Waals surface area contributed by atoms with Crippen molar-refractivity contribution < 1.29 is 14.7 Å². The van der Waals surface area contributed by atoms with Crippen LogP contribution in [0.15, 0.2) is 0 Å². The van der Waals surface area contributed by atoms with Gasteiger partial charge in [0.25, 0.3) is 0 Å². The van der Waals surface area contributed by atoms with E-state index in [9.17, 15) is 9.59 Å². The van der Waals surface area contributed by atoms with Crippen LogP contribution in [-0.4, -0.2) is 34.5 Å². The van der Waals surface area contributed by atoms with Crippen LogP contribution in [0.3, 0.4) is 0 Å². The van der Waals surface area contributed by atoms with Gasteiger partial charge in [0.2, 0.25) is 5.91 Å². The van der Waals surface area contributed by atoms with Crippen LogP contribution >= 0.6 is 0 Å². The summed E-state index contributed by atoms with van der Waals surface area (Å²) in [5.74, 6) is -0.338. The third-order valence-corrected chi connectivity index (χ3v) is 4.57. The highest BCUT2D eigenvalue weighted by Gasteiger charge is 2.37. The number of hydrogen-bond donors (Lipinski definition) is 1. The number of nitrogens with zero attached hydrogens (tertiary/aromatic N) is 1. The minimum absolute atomic E-state index is 0.00903. The lowest BCUT2D eigenvalue weighted by Crippen LogP contribution is -2.44. The molecule has 2 fully saturated rings.